The number of aromatic nitrogens is 5. The Labute approximate surface area is 182 Å². The standard InChI is InChI=1S/C22H21FN6O3/c1-2-32-21-16(7-5-9-25-21)20(30)24-10-11-29-19-17(12-27-29)22(31)28(14-26-19)13-15-6-3-4-8-18(15)23/h3-9,12,14H,2,10-11,13H2,1H3,(H,24,30). The number of hydrogen-bond donors (Lipinski definition) is 1. The number of rotatable bonds is 8. The van der Waals surface area contributed by atoms with Crippen LogP contribution < -0.4 is 15.6 Å². The zero-order valence-corrected chi connectivity index (χ0v) is 17.4. The normalized spacial score (nSPS) is 10.9. The lowest BCUT2D eigenvalue weighted by Crippen LogP contribution is -2.28. The van der Waals surface area contributed by atoms with Crippen molar-refractivity contribution in [1.82, 2.24) is 29.6 Å². The first-order chi connectivity index (χ1) is 15.6. The molecule has 1 amide bonds. The minimum Gasteiger partial charge on any atom is -0.477 e. The van der Waals surface area contributed by atoms with Gasteiger partial charge in [-0.25, -0.2) is 19.0 Å². The molecule has 32 heavy (non-hydrogen) atoms. The van der Waals surface area contributed by atoms with Crippen LogP contribution in [0.25, 0.3) is 11.0 Å². The Morgan fingerprint density at radius 2 is 2.03 bits per heavy atom. The van der Waals surface area contributed by atoms with Crippen LogP contribution in [0.3, 0.4) is 0 Å². The molecule has 1 aromatic carbocycles. The van der Waals surface area contributed by atoms with Gasteiger partial charge in [-0.3, -0.25) is 14.2 Å². The molecule has 9 nitrogen and oxygen atoms in total. The van der Waals surface area contributed by atoms with Crippen LogP contribution in [-0.2, 0) is 13.1 Å². The average Bonchev–Trinajstić information content (AvgIpc) is 3.21. The van der Waals surface area contributed by atoms with E-state index in [9.17, 15) is 14.0 Å². The molecule has 164 valence electrons. The molecule has 4 rings (SSSR count). The fraction of sp³-hybridized carbons (Fsp3) is 0.227. The van der Waals surface area contributed by atoms with Gasteiger partial charge in [-0.2, -0.15) is 5.10 Å². The van der Waals surface area contributed by atoms with Crippen LogP contribution in [0.4, 0.5) is 4.39 Å². The summed E-state index contributed by atoms with van der Waals surface area (Å²) in [5.74, 6) is -0.431. The summed E-state index contributed by atoms with van der Waals surface area (Å²) in [6, 6.07) is 9.58. The highest BCUT2D eigenvalue weighted by molar-refractivity contribution is 5.96. The van der Waals surface area contributed by atoms with Gasteiger partial charge in [0.05, 0.1) is 25.9 Å². The second-order valence-electron chi connectivity index (χ2n) is 6.92. The topological polar surface area (TPSA) is 104 Å². The van der Waals surface area contributed by atoms with Gasteiger partial charge in [0, 0.05) is 18.3 Å². The smallest absolute Gasteiger partial charge is 0.264 e. The number of fused-ring (bicyclic) bond motifs is 1. The Morgan fingerprint density at radius 1 is 1.19 bits per heavy atom. The zero-order chi connectivity index (χ0) is 22.5. The maximum absolute atomic E-state index is 13.9. The van der Waals surface area contributed by atoms with E-state index < -0.39 is 0 Å². The van der Waals surface area contributed by atoms with E-state index in [1.54, 1.807) is 36.5 Å². The zero-order valence-electron chi connectivity index (χ0n) is 17.4. The van der Waals surface area contributed by atoms with E-state index in [-0.39, 0.29) is 36.3 Å². The van der Waals surface area contributed by atoms with Gasteiger partial charge in [-0.1, -0.05) is 18.2 Å². The first-order valence-electron chi connectivity index (χ1n) is 10.1. The Bertz CT molecular complexity index is 1320. The Morgan fingerprint density at radius 3 is 2.84 bits per heavy atom. The van der Waals surface area contributed by atoms with E-state index in [1.165, 1.54) is 27.8 Å². The van der Waals surface area contributed by atoms with Gasteiger partial charge >= 0.3 is 0 Å². The maximum Gasteiger partial charge on any atom is 0.264 e. The summed E-state index contributed by atoms with van der Waals surface area (Å²) < 4.78 is 22.2. The van der Waals surface area contributed by atoms with Crippen molar-refractivity contribution in [3.05, 3.63) is 82.4 Å². The summed E-state index contributed by atoms with van der Waals surface area (Å²) in [5, 5.41) is 7.33. The minimum atomic E-state index is -0.382. The van der Waals surface area contributed by atoms with Crippen LogP contribution in [0.1, 0.15) is 22.8 Å². The Balaban J connectivity index is 1.46. The number of halogens is 1. The van der Waals surface area contributed by atoms with E-state index in [0.717, 1.165) is 0 Å². The fourth-order valence-electron chi connectivity index (χ4n) is 3.27. The van der Waals surface area contributed by atoms with Crippen molar-refractivity contribution in [2.24, 2.45) is 0 Å². The first kappa shape index (κ1) is 21.2. The molecule has 0 aliphatic heterocycles. The summed E-state index contributed by atoms with van der Waals surface area (Å²) in [4.78, 5) is 33.6. The molecular formula is C22H21FN6O3. The first-order valence-corrected chi connectivity index (χ1v) is 10.1. The molecular weight excluding hydrogens is 415 g/mol. The molecule has 3 aromatic heterocycles. The summed E-state index contributed by atoms with van der Waals surface area (Å²) in [5.41, 5.74) is 0.817. The van der Waals surface area contributed by atoms with Crippen molar-refractivity contribution < 1.29 is 13.9 Å². The molecule has 1 N–H and O–H groups in total. The van der Waals surface area contributed by atoms with Crippen LogP contribution in [0, 0.1) is 5.82 Å². The molecule has 0 spiro atoms. The third kappa shape index (κ3) is 4.34. The number of nitrogens with one attached hydrogen (secondary N) is 1. The number of carbonyl (C=O) groups is 1. The van der Waals surface area contributed by atoms with Crippen molar-refractivity contribution in [1.29, 1.82) is 0 Å². The van der Waals surface area contributed by atoms with Crippen LogP contribution >= 0.6 is 0 Å². The Hall–Kier alpha value is -4.08. The van der Waals surface area contributed by atoms with Crippen LogP contribution in [0.15, 0.2) is 59.9 Å². The molecule has 10 heteroatoms. The molecule has 0 aliphatic rings. The second kappa shape index (κ2) is 9.38. The van der Waals surface area contributed by atoms with Gasteiger partial charge in [0.1, 0.15) is 23.1 Å². The second-order valence-corrected chi connectivity index (χ2v) is 6.92. The summed E-state index contributed by atoms with van der Waals surface area (Å²) in [6.07, 6.45) is 4.36. The number of nitrogens with zero attached hydrogens (tertiary/aromatic N) is 5. The largest absolute Gasteiger partial charge is 0.477 e. The highest BCUT2D eigenvalue weighted by atomic mass is 19.1. The van der Waals surface area contributed by atoms with E-state index >= 15 is 0 Å². The monoisotopic (exact) mass is 436 g/mol. The van der Waals surface area contributed by atoms with Crippen molar-refractivity contribution in [3.8, 4) is 5.88 Å². The molecule has 0 unspecified atom stereocenters. The number of benzene rings is 1. The third-order valence-electron chi connectivity index (χ3n) is 4.83. The SMILES string of the molecule is CCOc1ncccc1C(=O)NCCn1ncc2c(=O)n(Cc3ccccc3F)cnc21. The predicted molar refractivity (Wildman–Crippen MR) is 115 cm³/mol. The summed E-state index contributed by atoms with van der Waals surface area (Å²) >= 11 is 0. The number of ether oxygens (including phenoxy) is 1. The van der Waals surface area contributed by atoms with E-state index in [1.807, 2.05) is 6.92 Å². The van der Waals surface area contributed by atoms with Crippen molar-refractivity contribution in [2.45, 2.75) is 20.0 Å². The van der Waals surface area contributed by atoms with E-state index in [0.29, 0.717) is 35.3 Å². The predicted octanol–water partition coefficient (Wildman–Crippen LogP) is 2.00. The van der Waals surface area contributed by atoms with Gasteiger partial charge in [0.2, 0.25) is 5.88 Å². The molecule has 0 saturated heterocycles. The maximum atomic E-state index is 13.9. The highest BCUT2D eigenvalue weighted by Crippen LogP contribution is 2.14. The van der Waals surface area contributed by atoms with Gasteiger partial charge in [0.15, 0.2) is 5.65 Å². The number of hydrogen-bond acceptors (Lipinski definition) is 6. The van der Waals surface area contributed by atoms with Crippen molar-refractivity contribution >= 4 is 16.9 Å². The van der Waals surface area contributed by atoms with Gasteiger partial charge in [-0.15, -0.1) is 0 Å². The molecule has 0 bridgehead atoms. The average molecular weight is 436 g/mol. The Kier molecular flexibility index (Phi) is 6.20. The van der Waals surface area contributed by atoms with Gasteiger partial charge in [0.25, 0.3) is 11.5 Å². The van der Waals surface area contributed by atoms with Gasteiger partial charge in [-0.05, 0) is 25.1 Å². The van der Waals surface area contributed by atoms with Gasteiger partial charge < -0.3 is 10.1 Å². The number of pyridine rings is 1. The van der Waals surface area contributed by atoms with E-state index in [2.05, 4.69) is 20.4 Å². The van der Waals surface area contributed by atoms with E-state index in [4.69, 9.17) is 4.74 Å². The number of carbonyl (C=O) groups excluding carboxylic acids is 1. The lowest BCUT2D eigenvalue weighted by atomic mass is 10.2. The van der Waals surface area contributed by atoms with Crippen molar-refractivity contribution in [3.63, 3.8) is 0 Å². The van der Waals surface area contributed by atoms with Crippen molar-refractivity contribution in [2.75, 3.05) is 13.2 Å². The molecule has 0 aliphatic carbocycles. The molecule has 3 heterocycles. The summed E-state index contributed by atoms with van der Waals surface area (Å²) in [6.45, 7) is 2.86. The summed E-state index contributed by atoms with van der Waals surface area (Å²) in [7, 11) is 0. The lowest BCUT2D eigenvalue weighted by Gasteiger charge is -2.10. The molecule has 4 aromatic rings. The lowest BCUT2D eigenvalue weighted by molar-refractivity contribution is 0.0947. The highest BCUT2D eigenvalue weighted by Gasteiger charge is 2.14. The molecule has 0 radical (unpaired) electrons. The fourth-order valence-corrected chi connectivity index (χ4v) is 3.27. The van der Waals surface area contributed by atoms with Crippen LogP contribution in [-0.4, -0.2) is 43.4 Å². The molecule has 0 saturated carbocycles. The minimum absolute atomic E-state index is 0.0724. The number of amides is 1. The van der Waals surface area contributed by atoms with Crippen LogP contribution in [0.2, 0.25) is 0 Å². The molecule has 0 fully saturated rings. The third-order valence-corrected chi connectivity index (χ3v) is 4.83. The quantitative estimate of drug-likeness (QED) is 0.453. The molecule has 0 atom stereocenters. The van der Waals surface area contributed by atoms with Crippen LogP contribution in [0.5, 0.6) is 5.88 Å².